The molecule has 4 heteroatoms. The van der Waals surface area contributed by atoms with Gasteiger partial charge >= 0.3 is 0 Å². The summed E-state index contributed by atoms with van der Waals surface area (Å²) in [4.78, 5) is 1.38. The third-order valence-corrected chi connectivity index (χ3v) is 3.75. The molecule has 3 nitrogen and oxygen atoms in total. The average molecular weight is 249 g/mol. The SMILES string of the molecule is CCC(Nc1cnn(C(C)C)c1)c1cccs1. The fraction of sp³-hybridized carbons (Fsp3) is 0.462. The summed E-state index contributed by atoms with van der Waals surface area (Å²) in [6.45, 7) is 6.46. The second-order valence-corrected chi connectivity index (χ2v) is 5.40. The summed E-state index contributed by atoms with van der Waals surface area (Å²) in [6, 6.07) is 5.08. The first-order chi connectivity index (χ1) is 8.20. The average Bonchev–Trinajstić information content (AvgIpc) is 2.96. The van der Waals surface area contributed by atoms with E-state index in [2.05, 4.69) is 54.9 Å². The second kappa shape index (κ2) is 5.36. The lowest BCUT2D eigenvalue weighted by molar-refractivity contribution is 0.532. The van der Waals surface area contributed by atoms with Crippen molar-refractivity contribution in [3.8, 4) is 0 Å². The van der Waals surface area contributed by atoms with E-state index in [0.29, 0.717) is 12.1 Å². The van der Waals surface area contributed by atoms with E-state index < -0.39 is 0 Å². The molecule has 1 N–H and O–H groups in total. The molecule has 17 heavy (non-hydrogen) atoms. The van der Waals surface area contributed by atoms with Gasteiger partial charge in [0.1, 0.15) is 0 Å². The molecule has 0 amide bonds. The lowest BCUT2D eigenvalue weighted by atomic mass is 10.2. The molecule has 0 fully saturated rings. The van der Waals surface area contributed by atoms with Gasteiger partial charge < -0.3 is 5.32 Å². The standard InChI is InChI=1S/C13H19N3S/c1-4-12(13-6-5-7-17-13)15-11-8-14-16(9-11)10(2)3/h5-10,12,15H,4H2,1-3H3. The van der Waals surface area contributed by atoms with Gasteiger partial charge in [-0.2, -0.15) is 5.10 Å². The molecular formula is C13H19N3S. The highest BCUT2D eigenvalue weighted by atomic mass is 32.1. The molecule has 0 aliphatic rings. The number of nitrogens with one attached hydrogen (secondary N) is 1. The molecule has 2 aromatic heterocycles. The molecule has 0 aromatic carbocycles. The molecule has 0 saturated heterocycles. The van der Waals surface area contributed by atoms with Gasteiger partial charge in [-0.05, 0) is 31.7 Å². The number of rotatable bonds is 5. The molecule has 0 aliphatic heterocycles. The maximum Gasteiger partial charge on any atom is 0.0731 e. The van der Waals surface area contributed by atoms with E-state index in [1.165, 1.54) is 4.88 Å². The lowest BCUT2D eigenvalue weighted by Crippen LogP contribution is -2.07. The number of anilines is 1. The topological polar surface area (TPSA) is 29.9 Å². The Kier molecular flexibility index (Phi) is 3.84. The molecule has 0 spiro atoms. The van der Waals surface area contributed by atoms with E-state index in [0.717, 1.165) is 12.1 Å². The molecule has 1 atom stereocenters. The van der Waals surface area contributed by atoms with Gasteiger partial charge in [-0.15, -0.1) is 11.3 Å². The Morgan fingerprint density at radius 3 is 2.82 bits per heavy atom. The van der Waals surface area contributed by atoms with Gasteiger partial charge in [0.15, 0.2) is 0 Å². The summed E-state index contributed by atoms with van der Waals surface area (Å²) in [6.07, 6.45) is 5.05. The minimum atomic E-state index is 0.389. The third-order valence-electron chi connectivity index (χ3n) is 2.77. The first kappa shape index (κ1) is 12.2. The summed E-state index contributed by atoms with van der Waals surface area (Å²) in [7, 11) is 0. The monoisotopic (exact) mass is 249 g/mol. The minimum Gasteiger partial charge on any atom is -0.375 e. The van der Waals surface area contributed by atoms with Gasteiger partial charge in [0, 0.05) is 17.1 Å². The van der Waals surface area contributed by atoms with Gasteiger partial charge in [0.2, 0.25) is 0 Å². The van der Waals surface area contributed by atoms with Gasteiger partial charge in [-0.25, -0.2) is 0 Å². The van der Waals surface area contributed by atoms with E-state index >= 15 is 0 Å². The van der Waals surface area contributed by atoms with Crippen molar-refractivity contribution in [3.63, 3.8) is 0 Å². The number of hydrogen-bond donors (Lipinski definition) is 1. The highest BCUT2D eigenvalue weighted by Gasteiger charge is 2.11. The molecule has 0 saturated carbocycles. The van der Waals surface area contributed by atoms with Crippen LogP contribution in [0.25, 0.3) is 0 Å². The van der Waals surface area contributed by atoms with Crippen molar-refractivity contribution in [2.75, 3.05) is 5.32 Å². The fourth-order valence-corrected chi connectivity index (χ4v) is 2.62. The second-order valence-electron chi connectivity index (χ2n) is 4.42. The van der Waals surface area contributed by atoms with Crippen LogP contribution < -0.4 is 5.32 Å². The van der Waals surface area contributed by atoms with Gasteiger partial charge in [-0.3, -0.25) is 4.68 Å². The molecule has 2 aromatic rings. The van der Waals surface area contributed by atoms with Gasteiger partial charge in [-0.1, -0.05) is 13.0 Å². The van der Waals surface area contributed by atoms with Crippen LogP contribution in [0.15, 0.2) is 29.9 Å². The predicted octanol–water partition coefficient (Wildman–Crippen LogP) is 4.09. The first-order valence-electron chi connectivity index (χ1n) is 6.04. The van der Waals surface area contributed by atoms with Crippen molar-refractivity contribution in [1.29, 1.82) is 0 Å². The quantitative estimate of drug-likeness (QED) is 0.865. The van der Waals surface area contributed by atoms with Crippen LogP contribution in [-0.2, 0) is 0 Å². The lowest BCUT2D eigenvalue weighted by Gasteiger charge is -2.15. The van der Waals surface area contributed by atoms with Crippen molar-refractivity contribution in [3.05, 3.63) is 34.8 Å². The van der Waals surface area contributed by atoms with E-state index in [1.807, 2.05) is 10.9 Å². The Morgan fingerprint density at radius 1 is 1.47 bits per heavy atom. The Bertz CT molecular complexity index is 445. The zero-order valence-electron chi connectivity index (χ0n) is 10.6. The highest BCUT2D eigenvalue weighted by Crippen LogP contribution is 2.26. The van der Waals surface area contributed by atoms with E-state index in [1.54, 1.807) is 11.3 Å². The van der Waals surface area contributed by atoms with Crippen molar-refractivity contribution in [2.45, 2.75) is 39.3 Å². The van der Waals surface area contributed by atoms with Crippen LogP contribution in [0.5, 0.6) is 0 Å². The summed E-state index contributed by atoms with van der Waals surface area (Å²) >= 11 is 1.80. The third kappa shape index (κ3) is 2.88. The van der Waals surface area contributed by atoms with Crippen LogP contribution in [0.3, 0.4) is 0 Å². The summed E-state index contributed by atoms with van der Waals surface area (Å²) in [5.74, 6) is 0. The molecule has 92 valence electrons. The van der Waals surface area contributed by atoms with Crippen LogP contribution in [0.1, 0.15) is 44.2 Å². The summed E-state index contributed by atoms with van der Waals surface area (Å²) < 4.78 is 1.98. The van der Waals surface area contributed by atoms with Gasteiger partial charge in [0.25, 0.3) is 0 Å². The molecule has 2 heterocycles. The Hall–Kier alpha value is -1.29. The van der Waals surface area contributed by atoms with Crippen molar-refractivity contribution in [2.24, 2.45) is 0 Å². The predicted molar refractivity (Wildman–Crippen MR) is 73.6 cm³/mol. The molecular weight excluding hydrogens is 230 g/mol. The maximum absolute atomic E-state index is 4.34. The van der Waals surface area contributed by atoms with Crippen LogP contribution in [0.4, 0.5) is 5.69 Å². The molecule has 0 bridgehead atoms. The largest absolute Gasteiger partial charge is 0.375 e. The number of hydrogen-bond acceptors (Lipinski definition) is 3. The summed E-state index contributed by atoms with van der Waals surface area (Å²) in [5, 5.41) is 10.00. The normalized spacial score (nSPS) is 12.9. The van der Waals surface area contributed by atoms with Gasteiger partial charge in [0.05, 0.1) is 17.9 Å². The first-order valence-corrected chi connectivity index (χ1v) is 6.92. The summed E-state index contributed by atoms with van der Waals surface area (Å²) in [5.41, 5.74) is 1.10. The highest BCUT2D eigenvalue weighted by molar-refractivity contribution is 7.10. The smallest absolute Gasteiger partial charge is 0.0731 e. The van der Waals surface area contributed by atoms with Crippen LogP contribution in [0.2, 0.25) is 0 Å². The Balaban J connectivity index is 2.08. The Labute approximate surface area is 106 Å². The zero-order chi connectivity index (χ0) is 12.3. The molecule has 2 rings (SSSR count). The number of aromatic nitrogens is 2. The molecule has 0 radical (unpaired) electrons. The van der Waals surface area contributed by atoms with Crippen LogP contribution in [0, 0.1) is 0 Å². The zero-order valence-corrected chi connectivity index (χ0v) is 11.4. The molecule has 1 unspecified atom stereocenters. The van der Waals surface area contributed by atoms with Crippen molar-refractivity contribution < 1.29 is 0 Å². The number of thiophene rings is 1. The number of nitrogens with zero attached hydrogens (tertiary/aromatic N) is 2. The van der Waals surface area contributed by atoms with Crippen LogP contribution >= 0.6 is 11.3 Å². The Morgan fingerprint density at radius 2 is 2.29 bits per heavy atom. The van der Waals surface area contributed by atoms with E-state index in [4.69, 9.17) is 0 Å². The minimum absolute atomic E-state index is 0.389. The molecule has 0 aliphatic carbocycles. The van der Waals surface area contributed by atoms with E-state index in [-0.39, 0.29) is 0 Å². The fourth-order valence-electron chi connectivity index (χ4n) is 1.76. The van der Waals surface area contributed by atoms with Crippen molar-refractivity contribution in [1.82, 2.24) is 9.78 Å². The van der Waals surface area contributed by atoms with E-state index in [9.17, 15) is 0 Å². The van der Waals surface area contributed by atoms with Crippen molar-refractivity contribution >= 4 is 17.0 Å². The maximum atomic E-state index is 4.34. The van der Waals surface area contributed by atoms with Crippen LogP contribution in [-0.4, -0.2) is 9.78 Å².